The van der Waals surface area contributed by atoms with Crippen LogP contribution in [0.15, 0.2) is 0 Å². The van der Waals surface area contributed by atoms with Crippen molar-refractivity contribution in [3.8, 4) is 0 Å². The van der Waals surface area contributed by atoms with E-state index in [2.05, 4.69) is 5.32 Å². The first kappa shape index (κ1) is 10.9. The molecule has 1 aliphatic heterocycles. The lowest BCUT2D eigenvalue weighted by molar-refractivity contribution is -0.142. The zero-order chi connectivity index (χ0) is 10.7. The van der Waals surface area contributed by atoms with Gasteiger partial charge in [-0.05, 0) is 56.5 Å². The van der Waals surface area contributed by atoms with E-state index in [-0.39, 0.29) is 5.97 Å². The van der Waals surface area contributed by atoms with E-state index >= 15 is 0 Å². The zero-order valence-corrected chi connectivity index (χ0v) is 9.50. The molecule has 3 unspecified atom stereocenters. The van der Waals surface area contributed by atoms with Crippen LogP contribution in [0.5, 0.6) is 0 Å². The van der Waals surface area contributed by atoms with E-state index in [1.54, 1.807) is 0 Å². The number of esters is 1. The molecule has 3 atom stereocenters. The van der Waals surface area contributed by atoms with Crippen molar-refractivity contribution in [1.82, 2.24) is 5.32 Å². The number of carbonyl (C=O) groups excluding carboxylic acids is 1. The summed E-state index contributed by atoms with van der Waals surface area (Å²) in [7, 11) is 1.48. The van der Waals surface area contributed by atoms with Crippen LogP contribution in [0, 0.1) is 17.8 Å². The summed E-state index contributed by atoms with van der Waals surface area (Å²) in [6, 6.07) is 0. The van der Waals surface area contributed by atoms with E-state index in [0.29, 0.717) is 12.3 Å². The molecule has 0 aromatic heterocycles. The van der Waals surface area contributed by atoms with Crippen LogP contribution in [0.2, 0.25) is 0 Å². The minimum absolute atomic E-state index is 0.0348. The Labute approximate surface area is 91.6 Å². The number of ether oxygens (including phenoxy) is 1. The maximum absolute atomic E-state index is 11.2. The van der Waals surface area contributed by atoms with Crippen molar-refractivity contribution >= 4 is 5.97 Å². The summed E-state index contributed by atoms with van der Waals surface area (Å²) in [6.07, 6.45) is 5.66. The smallest absolute Gasteiger partial charge is 0.305 e. The van der Waals surface area contributed by atoms with Crippen molar-refractivity contribution in [1.29, 1.82) is 0 Å². The molecule has 0 spiro atoms. The molecule has 86 valence electrons. The number of fused-ring (bicyclic) bond motifs is 1. The number of methoxy groups -OCH3 is 1. The van der Waals surface area contributed by atoms with Crippen LogP contribution < -0.4 is 5.32 Å². The second-order valence-electron chi connectivity index (χ2n) is 4.97. The zero-order valence-electron chi connectivity index (χ0n) is 9.50. The summed E-state index contributed by atoms with van der Waals surface area (Å²) >= 11 is 0. The molecule has 0 amide bonds. The van der Waals surface area contributed by atoms with Gasteiger partial charge in [-0.25, -0.2) is 0 Å². The van der Waals surface area contributed by atoms with Crippen LogP contribution in [-0.2, 0) is 9.53 Å². The molecule has 15 heavy (non-hydrogen) atoms. The molecule has 1 saturated carbocycles. The van der Waals surface area contributed by atoms with Gasteiger partial charge in [0.1, 0.15) is 0 Å². The SMILES string of the molecule is COC(=O)CC1CCC2CNCCC2C1. The lowest BCUT2D eigenvalue weighted by Crippen LogP contribution is -2.40. The Morgan fingerprint density at radius 2 is 2.20 bits per heavy atom. The lowest BCUT2D eigenvalue weighted by atomic mass is 9.70. The normalized spacial score (nSPS) is 35.7. The highest BCUT2D eigenvalue weighted by molar-refractivity contribution is 5.69. The largest absolute Gasteiger partial charge is 0.469 e. The fourth-order valence-electron chi connectivity index (χ4n) is 3.13. The molecule has 3 nitrogen and oxygen atoms in total. The third-order valence-corrected chi connectivity index (χ3v) is 4.03. The highest BCUT2D eigenvalue weighted by Gasteiger charge is 2.32. The van der Waals surface area contributed by atoms with Gasteiger partial charge in [0.25, 0.3) is 0 Å². The van der Waals surface area contributed by atoms with E-state index in [9.17, 15) is 4.79 Å². The van der Waals surface area contributed by atoms with Gasteiger partial charge >= 0.3 is 5.97 Å². The maximum Gasteiger partial charge on any atom is 0.305 e. The predicted molar refractivity (Wildman–Crippen MR) is 58.4 cm³/mol. The van der Waals surface area contributed by atoms with Gasteiger partial charge in [0.15, 0.2) is 0 Å². The van der Waals surface area contributed by atoms with Gasteiger partial charge in [-0.1, -0.05) is 0 Å². The van der Waals surface area contributed by atoms with E-state index in [0.717, 1.165) is 18.4 Å². The molecular formula is C12H21NO2. The number of hydrogen-bond donors (Lipinski definition) is 1. The fourth-order valence-corrected chi connectivity index (χ4v) is 3.13. The first-order chi connectivity index (χ1) is 7.29. The molecule has 1 N–H and O–H groups in total. The van der Waals surface area contributed by atoms with E-state index in [1.807, 2.05) is 0 Å². The Kier molecular flexibility index (Phi) is 3.62. The summed E-state index contributed by atoms with van der Waals surface area (Å²) in [5.74, 6) is 2.27. The van der Waals surface area contributed by atoms with Crippen molar-refractivity contribution in [3.05, 3.63) is 0 Å². The quantitative estimate of drug-likeness (QED) is 0.705. The second kappa shape index (κ2) is 4.97. The molecule has 1 heterocycles. The van der Waals surface area contributed by atoms with Crippen molar-refractivity contribution in [2.75, 3.05) is 20.2 Å². The molecule has 0 aromatic rings. The monoisotopic (exact) mass is 211 g/mol. The second-order valence-corrected chi connectivity index (χ2v) is 4.97. The number of hydrogen-bond acceptors (Lipinski definition) is 3. The van der Waals surface area contributed by atoms with Gasteiger partial charge in [0, 0.05) is 6.42 Å². The molecule has 1 aliphatic carbocycles. The molecule has 2 aliphatic rings. The molecule has 0 aromatic carbocycles. The van der Waals surface area contributed by atoms with Crippen LogP contribution in [0.4, 0.5) is 0 Å². The van der Waals surface area contributed by atoms with Crippen LogP contribution in [0.3, 0.4) is 0 Å². The van der Waals surface area contributed by atoms with Gasteiger partial charge in [-0.3, -0.25) is 4.79 Å². The van der Waals surface area contributed by atoms with Crippen molar-refractivity contribution in [2.24, 2.45) is 17.8 Å². The van der Waals surface area contributed by atoms with Gasteiger partial charge in [0.05, 0.1) is 7.11 Å². The highest BCUT2D eigenvalue weighted by Crippen LogP contribution is 2.38. The molecule has 1 saturated heterocycles. The summed E-state index contributed by atoms with van der Waals surface area (Å²) in [5.41, 5.74) is 0. The van der Waals surface area contributed by atoms with Gasteiger partial charge in [-0.15, -0.1) is 0 Å². The van der Waals surface area contributed by atoms with E-state index in [1.165, 1.54) is 39.3 Å². The lowest BCUT2D eigenvalue weighted by Gasteiger charge is -2.39. The van der Waals surface area contributed by atoms with Crippen LogP contribution in [0.25, 0.3) is 0 Å². The highest BCUT2D eigenvalue weighted by atomic mass is 16.5. The summed E-state index contributed by atoms with van der Waals surface area (Å²) in [5, 5.41) is 3.46. The first-order valence-electron chi connectivity index (χ1n) is 6.07. The predicted octanol–water partition coefficient (Wildman–Crippen LogP) is 1.58. The van der Waals surface area contributed by atoms with E-state index in [4.69, 9.17) is 4.74 Å². The van der Waals surface area contributed by atoms with Crippen LogP contribution in [0.1, 0.15) is 32.1 Å². The molecule has 0 bridgehead atoms. The third-order valence-electron chi connectivity index (χ3n) is 4.03. The average Bonchev–Trinajstić information content (AvgIpc) is 2.29. The van der Waals surface area contributed by atoms with Gasteiger partial charge in [-0.2, -0.15) is 0 Å². The first-order valence-corrected chi connectivity index (χ1v) is 6.07. The number of nitrogens with one attached hydrogen (secondary N) is 1. The minimum Gasteiger partial charge on any atom is -0.469 e. The molecule has 2 fully saturated rings. The Bertz CT molecular complexity index is 230. The molecular weight excluding hydrogens is 190 g/mol. The summed E-state index contributed by atoms with van der Waals surface area (Å²) in [4.78, 5) is 11.2. The van der Waals surface area contributed by atoms with Crippen molar-refractivity contribution in [2.45, 2.75) is 32.1 Å². The van der Waals surface area contributed by atoms with Crippen molar-refractivity contribution < 1.29 is 9.53 Å². The molecule has 0 radical (unpaired) electrons. The third kappa shape index (κ3) is 2.71. The number of piperidine rings is 1. The maximum atomic E-state index is 11.2. The average molecular weight is 211 g/mol. The minimum atomic E-state index is -0.0348. The summed E-state index contributed by atoms with van der Waals surface area (Å²) in [6.45, 7) is 2.35. The Morgan fingerprint density at radius 1 is 1.33 bits per heavy atom. The molecule has 2 rings (SSSR count). The van der Waals surface area contributed by atoms with Gasteiger partial charge < -0.3 is 10.1 Å². The Hall–Kier alpha value is -0.570. The van der Waals surface area contributed by atoms with Crippen LogP contribution in [-0.4, -0.2) is 26.2 Å². The standard InChI is InChI=1S/C12H21NO2/c1-15-12(14)7-9-2-3-11-8-13-5-4-10(11)6-9/h9-11,13H,2-8H2,1H3. The van der Waals surface area contributed by atoms with Gasteiger partial charge in [0.2, 0.25) is 0 Å². The topological polar surface area (TPSA) is 38.3 Å². The Morgan fingerprint density at radius 3 is 3.00 bits per heavy atom. The molecule has 3 heteroatoms. The number of carbonyl (C=O) groups is 1. The van der Waals surface area contributed by atoms with Crippen molar-refractivity contribution in [3.63, 3.8) is 0 Å². The Balaban J connectivity index is 1.83. The fraction of sp³-hybridized carbons (Fsp3) is 0.917. The van der Waals surface area contributed by atoms with E-state index < -0.39 is 0 Å². The summed E-state index contributed by atoms with van der Waals surface area (Å²) < 4.78 is 4.74. The van der Waals surface area contributed by atoms with Crippen LogP contribution >= 0.6 is 0 Å². The number of rotatable bonds is 2.